The molecule has 1 aliphatic rings. The van der Waals surface area contributed by atoms with Crippen LogP contribution in [-0.4, -0.2) is 25.5 Å². The molecule has 0 saturated heterocycles. The van der Waals surface area contributed by atoms with Gasteiger partial charge in [-0.1, -0.05) is 6.07 Å². The van der Waals surface area contributed by atoms with Crippen LogP contribution in [0.2, 0.25) is 0 Å². The largest absolute Gasteiger partial charge is 0.364 e. The summed E-state index contributed by atoms with van der Waals surface area (Å²) in [7, 11) is 0. The zero-order valence-electron chi connectivity index (χ0n) is 18.7. The van der Waals surface area contributed by atoms with Crippen LogP contribution in [-0.2, 0) is 6.54 Å². The molecule has 6 nitrogen and oxygen atoms in total. The molecular formula is C24H24F2N6S. The van der Waals surface area contributed by atoms with E-state index in [2.05, 4.69) is 27.5 Å². The van der Waals surface area contributed by atoms with Crippen LogP contribution in [0.15, 0.2) is 30.5 Å². The van der Waals surface area contributed by atoms with Gasteiger partial charge in [0.05, 0.1) is 21.7 Å². The van der Waals surface area contributed by atoms with Gasteiger partial charge in [-0.05, 0) is 58.2 Å². The van der Waals surface area contributed by atoms with E-state index in [1.54, 1.807) is 17.5 Å². The van der Waals surface area contributed by atoms with Crippen molar-refractivity contribution in [2.75, 3.05) is 10.6 Å². The Hall–Kier alpha value is -3.20. The van der Waals surface area contributed by atoms with Crippen LogP contribution in [0.3, 0.4) is 0 Å². The van der Waals surface area contributed by atoms with E-state index < -0.39 is 11.6 Å². The number of rotatable bonds is 6. The van der Waals surface area contributed by atoms with Crippen molar-refractivity contribution < 1.29 is 8.78 Å². The van der Waals surface area contributed by atoms with Gasteiger partial charge in [0.25, 0.3) is 0 Å². The minimum atomic E-state index is -0.602. The van der Waals surface area contributed by atoms with Gasteiger partial charge < -0.3 is 10.6 Å². The number of fused-ring (bicyclic) bond motifs is 1. The van der Waals surface area contributed by atoms with Crippen LogP contribution in [0.5, 0.6) is 0 Å². The summed E-state index contributed by atoms with van der Waals surface area (Å²) >= 11 is 1.57. The lowest BCUT2D eigenvalue weighted by molar-refractivity contribution is 0.306. The molecule has 0 aliphatic heterocycles. The summed E-state index contributed by atoms with van der Waals surface area (Å²) in [6.07, 6.45) is 5.03. The maximum atomic E-state index is 14.1. The molecule has 3 aromatic heterocycles. The van der Waals surface area contributed by atoms with Gasteiger partial charge in [0.2, 0.25) is 5.95 Å². The van der Waals surface area contributed by atoms with Crippen LogP contribution in [0, 0.1) is 25.5 Å². The van der Waals surface area contributed by atoms with Crippen molar-refractivity contribution in [3.8, 4) is 10.6 Å². The van der Waals surface area contributed by atoms with E-state index in [1.807, 2.05) is 19.9 Å². The number of aryl methyl sites for hydroxylation is 2. The van der Waals surface area contributed by atoms with Crippen LogP contribution in [0.25, 0.3) is 20.8 Å². The second kappa shape index (κ2) is 8.30. The number of aromatic nitrogens is 4. The maximum absolute atomic E-state index is 14.1. The van der Waals surface area contributed by atoms with Crippen molar-refractivity contribution in [2.45, 2.75) is 52.1 Å². The summed E-state index contributed by atoms with van der Waals surface area (Å²) in [5, 5.41) is 7.40. The fourth-order valence-electron chi connectivity index (χ4n) is 4.07. The van der Waals surface area contributed by atoms with Gasteiger partial charge >= 0.3 is 0 Å². The molecule has 2 N–H and O–H groups in total. The molecule has 0 radical (unpaired) electrons. The Balaban J connectivity index is 1.54. The molecule has 1 aliphatic carbocycles. The quantitative estimate of drug-likeness (QED) is 0.362. The Bertz CT molecular complexity index is 1330. The van der Waals surface area contributed by atoms with Gasteiger partial charge in [0.1, 0.15) is 28.0 Å². The average molecular weight is 467 g/mol. The summed E-state index contributed by atoms with van der Waals surface area (Å²) in [6.45, 7) is 5.96. The van der Waals surface area contributed by atoms with E-state index in [4.69, 9.17) is 9.97 Å². The smallest absolute Gasteiger partial charge is 0.225 e. The average Bonchev–Trinajstić information content (AvgIpc) is 3.17. The summed E-state index contributed by atoms with van der Waals surface area (Å²) in [4.78, 5) is 18.5. The van der Waals surface area contributed by atoms with Gasteiger partial charge in [-0.2, -0.15) is 4.98 Å². The molecular weight excluding hydrogens is 442 g/mol. The number of pyridine rings is 1. The van der Waals surface area contributed by atoms with E-state index in [0.717, 1.165) is 51.4 Å². The highest BCUT2D eigenvalue weighted by Crippen LogP contribution is 2.40. The van der Waals surface area contributed by atoms with E-state index in [1.165, 1.54) is 18.2 Å². The number of hydrogen-bond acceptors (Lipinski definition) is 7. The Labute approximate surface area is 194 Å². The lowest BCUT2D eigenvalue weighted by Crippen LogP contribution is -2.42. The number of benzene rings is 1. The van der Waals surface area contributed by atoms with Crippen molar-refractivity contribution in [3.63, 3.8) is 0 Å². The Kier molecular flexibility index (Phi) is 5.44. The molecule has 1 fully saturated rings. The predicted molar refractivity (Wildman–Crippen MR) is 127 cm³/mol. The second-order valence-corrected chi connectivity index (χ2v) is 9.74. The molecule has 1 saturated carbocycles. The van der Waals surface area contributed by atoms with Crippen molar-refractivity contribution in [1.82, 2.24) is 19.9 Å². The third kappa shape index (κ3) is 4.13. The highest BCUT2D eigenvalue weighted by molar-refractivity contribution is 7.21. The summed E-state index contributed by atoms with van der Waals surface area (Å²) in [6, 6.07) is 5.78. The zero-order valence-corrected chi connectivity index (χ0v) is 19.5. The van der Waals surface area contributed by atoms with Crippen molar-refractivity contribution in [3.05, 3.63) is 59.0 Å². The van der Waals surface area contributed by atoms with Crippen molar-refractivity contribution in [1.29, 1.82) is 0 Å². The molecule has 0 spiro atoms. The van der Waals surface area contributed by atoms with Crippen molar-refractivity contribution >= 4 is 33.3 Å². The first kappa shape index (κ1) is 21.6. The van der Waals surface area contributed by atoms with E-state index >= 15 is 0 Å². The van der Waals surface area contributed by atoms with Gasteiger partial charge in [0, 0.05) is 23.8 Å². The Morgan fingerprint density at radius 3 is 2.45 bits per heavy atom. The second-order valence-electron chi connectivity index (χ2n) is 8.71. The molecule has 9 heteroatoms. The third-order valence-electron chi connectivity index (χ3n) is 6.16. The summed E-state index contributed by atoms with van der Waals surface area (Å²) in [5.74, 6) is -0.224. The Morgan fingerprint density at radius 2 is 1.79 bits per heavy atom. The molecule has 0 bridgehead atoms. The van der Waals surface area contributed by atoms with Crippen LogP contribution in [0.4, 0.5) is 20.5 Å². The number of nitrogens with zero attached hydrogens (tertiary/aromatic N) is 4. The van der Waals surface area contributed by atoms with Gasteiger partial charge in [-0.15, -0.1) is 11.3 Å². The fourth-order valence-corrected chi connectivity index (χ4v) is 5.18. The van der Waals surface area contributed by atoms with Crippen LogP contribution < -0.4 is 10.6 Å². The number of hydrogen-bond donors (Lipinski definition) is 2. The van der Waals surface area contributed by atoms with E-state index in [0.29, 0.717) is 11.8 Å². The SMILES string of the molecule is Cc1nc(NCc2c(F)cccc2F)nc(NC2(C)CCC2)c1-c1nc2c(C)nccc2s1. The zero-order chi connectivity index (χ0) is 23.2. The monoisotopic (exact) mass is 466 g/mol. The number of nitrogens with one attached hydrogen (secondary N) is 2. The minimum absolute atomic E-state index is 0.0440. The van der Waals surface area contributed by atoms with Crippen LogP contribution in [0.1, 0.15) is 43.1 Å². The van der Waals surface area contributed by atoms with Crippen LogP contribution >= 0.6 is 11.3 Å². The van der Waals surface area contributed by atoms with Gasteiger partial charge in [-0.3, -0.25) is 4.98 Å². The normalized spacial score (nSPS) is 14.8. The van der Waals surface area contributed by atoms with E-state index in [-0.39, 0.29) is 17.6 Å². The first-order chi connectivity index (χ1) is 15.8. The van der Waals surface area contributed by atoms with Gasteiger partial charge in [0.15, 0.2) is 0 Å². The molecule has 3 heterocycles. The lowest BCUT2D eigenvalue weighted by atomic mass is 9.78. The number of thiazole rings is 1. The molecule has 0 amide bonds. The highest BCUT2D eigenvalue weighted by Gasteiger charge is 2.33. The first-order valence-electron chi connectivity index (χ1n) is 10.9. The summed E-state index contributed by atoms with van der Waals surface area (Å²) in [5.41, 5.74) is 3.22. The lowest BCUT2D eigenvalue weighted by Gasteiger charge is -2.40. The first-order valence-corrected chi connectivity index (χ1v) is 11.7. The molecule has 33 heavy (non-hydrogen) atoms. The van der Waals surface area contributed by atoms with E-state index in [9.17, 15) is 8.78 Å². The molecule has 5 rings (SSSR count). The number of anilines is 2. The molecule has 4 aromatic rings. The predicted octanol–water partition coefficient (Wildman–Crippen LogP) is 6.01. The fraction of sp³-hybridized carbons (Fsp3) is 0.333. The Morgan fingerprint density at radius 1 is 1.03 bits per heavy atom. The molecule has 170 valence electrons. The van der Waals surface area contributed by atoms with Gasteiger partial charge in [-0.25, -0.2) is 18.7 Å². The maximum Gasteiger partial charge on any atom is 0.225 e. The topological polar surface area (TPSA) is 75.6 Å². The van der Waals surface area contributed by atoms with Crippen molar-refractivity contribution in [2.24, 2.45) is 0 Å². The highest BCUT2D eigenvalue weighted by atomic mass is 32.1. The molecule has 0 unspecified atom stereocenters. The number of halogens is 2. The molecule has 1 aromatic carbocycles. The third-order valence-corrected chi connectivity index (χ3v) is 7.19. The minimum Gasteiger partial charge on any atom is -0.364 e. The standard InChI is InChI=1S/C24H24F2N6S/c1-13-19(22-30-20-14(2)27-11-8-18(20)33-22)21(32-24(3)9-5-10-24)31-23(29-13)28-12-15-16(25)6-4-7-17(15)26/h4,6-8,11H,5,9-10,12H2,1-3H3,(H2,28,29,31,32). The molecule has 0 atom stereocenters. The summed E-state index contributed by atoms with van der Waals surface area (Å²) < 4.78 is 29.2.